The highest BCUT2D eigenvalue weighted by Gasteiger charge is 2.18. The van der Waals surface area contributed by atoms with E-state index in [1.54, 1.807) is 0 Å². The maximum Gasteiger partial charge on any atom is 0.0794 e. The molecular weight excluding hydrogens is 374 g/mol. The molecule has 0 spiro atoms. The molecule has 0 amide bonds. The highest BCUT2D eigenvalue weighted by atomic mass is 14.7. The molecule has 0 aliphatic rings. The molecule has 0 saturated heterocycles. The summed E-state index contributed by atoms with van der Waals surface area (Å²) in [5.41, 5.74) is 10.2. The second kappa shape index (κ2) is 8.41. The van der Waals surface area contributed by atoms with Gasteiger partial charge in [0.1, 0.15) is 0 Å². The van der Waals surface area contributed by atoms with Gasteiger partial charge in [0.2, 0.25) is 0 Å². The normalized spacial score (nSPS) is 10.7. The number of pyridine rings is 1. The van der Waals surface area contributed by atoms with E-state index in [2.05, 4.69) is 128 Å². The predicted molar refractivity (Wildman–Crippen MR) is 131 cm³/mol. The lowest BCUT2D eigenvalue weighted by molar-refractivity contribution is 1.30. The zero-order valence-electron chi connectivity index (χ0n) is 17.5. The van der Waals surface area contributed by atoms with Crippen LogP contribution in [0.4, 0.5) is 0 Å². The fourth-order valence-electron chi connectivity index (χ4n) is 4.09. The van der Waals surface area contributed by atoms with Gasteiger partial charge in [-0.3, -0.25) is 0 Å². The van der Waals surface area contributed by atoms with Gasteiger partial charge in [-0.2, -0.15) is 0 Å². The molecule has 0 aliphatic carbocycles. The topological polar surface area (TPSA) is 12.9 Å². The first-order valence-electron chi connectivity index (χ1n) is 10.6. The molecule has 0 unspecified atom stereocenters. The summed E-state index contributed by atoms with van der Waals surface area (Å²) in [6, 6.07) is 42.4. The van der Waals surface area contributed by atoms with Crippen LogP contribution in [0.2, 0.25) is 0 Å². The molecule has 0 aliphatic heterocycles. The van der Waals surface area contributed by atoms with E-state index >= 15 is 0 Å². The predicted octanol–water partition coefficient (Wildman–Crippen LogP) is 8.06. The van der Waals surface area contributed by atoms with Crippen molar-refractivity contribution in [3.63, 3.8) is 0 Å². The molecule has 148 valence electrons. The molecule has 0 N–H and O–H groups in total. The molecule has 0 atom stereocenters. The van der Waals surface area contributed by atoms with E-state index in [9.17, 15) is 0 Å². The van der Waals surface area contributed by atoms with Crippen molar-refractivity contribution in [2.75, 3.05) is 0 Å². The third kappa shape index (κ3) is 3.78. The van der Waals surface area contributed by atoms with E-state index in [4.69, 9.17) is 4.98 Å². The van der Waals surface area contributed by atoms with E-state index in [-0.39, 0.29) is 0 Å². The summed E-state index contributed by atoms with van der Waals surface area (Å²) in [6.07, 6.45) is 0. The van der Waals surface area contributed by atoms with Gasteiger partial charge in [-0.1, -0.05) is 115 Å². The summed E-state index contributed by atoms with van der Waals surface area (Å²) < 4.78 is 0. The maximum absolute atomic E-state index is 5.24. The van der Waals surface area contributed by atoms with Gasteiger partial charge in [-0.15, -0.1) is 0 Å². The zero-order valence-corrected chi connectivity index (χ0v) is 17.5. The summed E-state index contributed by atoms with van der Waals surface area (Å²) in [4.78, 5) is 5.24. The highest BCUT2D eigenvalue weighted by molar-refractivity contribution is 5.94. The standard InChI is InChI=1S/C30H23N/c1-22-13-11-12-20-26(22)28-21-27(23-14-5-2-6-15-23)29(24-16-7-3-8-17-24)30(31-28)25-18-9-4-10-19-25/h2-21H,1H3. The van der Waals surface area contributed by atoms with E-state index in [1.165, 1.54) is 22.3 Å². The quantitative estimate of drug-likeness (QED) is 0.299. The number of nitrogens with zero attached hydrogens (tertiary/aromatic N) is 1. The zero-order chi connectivity index (χ0) is 21.0. The molecule has 0 fully saturated rings. The van der Waals surface area contributed by atoms with Gasteiger partial charge in [0.05, 0.1) is 11.4 Å². The van der Waals surface area contributed by atoms with Gasteiger partial charge in [-0.25, -0.2) is 4.98 Å². The van der Waals surface area contributed by atoms with E-state index in [0.717, 1.165) is 28.1 Å². The van der Waals surface area contributed by atoms with Crippen LogP contribution in [0.15, 0.2) is 121 Å². The fraction of sp³-hybridized carbons (Fsp3) is 0.0333. The Kier molecular flexibility index (Phi) is 5.16. The van der Waals surface area contributed by atoms with Crippen molar-refractivity contribution in [3.8, 4) is 44.8 Å². The van der Waals surface area contributed by atoms with Crippen LogP contribution in [-0.4, -0.2) is 4.98 Å². The third-order valence-corrected chi connectivity index (χ3v) is 5.63. The van der Waals surface area contributed by atoms with Crippen LogP contribution in [0, 0.1) is 6.92 Å². The molecule has 5 aromatic rings. The Labute approximate surface area is 183 Å². The first-order chi connectivity index (χ1) is 15.3. The third-order valence-electron chi connectivity index (χ3n) is 5.63. The number of rotatable bonds is 4. The Morgan fingerprint density at radius 3 is 1.61 bits per heavy atom. The van der Waals surface area contributed by atoms with Crippen LogP contribution in [0.25, 0.3) is 44.8 Å². The number of aryl methyl sites for hydroxylation is 1. The summed E-state index contributed by atoms with van der Waals surface area (Å²) in [5.74, 6) is 0. The first-order valence-corrected chi connectivity index (χ1v) is 10.6. The maximum atomic E-state index is 5.24. The minimum Gasteiger partial charge on any atom is -0.247 e. The largest absolute Gasteiger partial charge is 0.247 e. The summed E-state index contributed by atoms with van der Waals surface area (Å²) >= 11 is 0. The first kappa shape index (κ1) is 19.0. The molecule has 1 nitrogen and oxygen atoms in total. The van der Waals surface area contributed by atoms with E-state index in [1.807, 2.05) is 0 Å². The highest BCUT2D eigenvalue weighted by Crippen LogP contribution is 2.41. The molecule has 5 rings (SSSR count). The van der Waals surface area contributed by atoms with Crippen LogP contribution in [-0.2, 0) is 0 Å². The van der Waals surface area contributed by atoms with Crippen molar-refractivity contribution in [1.82, 2.24) is 4.98 Å². The molecule has 0 saturated carbocycles. The Hall–Kier alpha value is -3.97. The second-order valence-corrected chi connectivity index (χ2v) is 7.69. The summed E-state index contributed by atoms with van der Waals surface area (Å²) in [6.45, 7) is 2.15. The van der Waals surface area contributed by atoms with Gasteiger partial charge >= 0.3 is 0 Å². The van der Waals surface area contributed by atoms with Gasteiger partial charge in [0.25, 0.3) is 0 Å². The van der Waals surface area contributed by atoms with Crippen LogP contribution in [0.3, 0.4) is 0 Å². The lowest BCUT2D eigenvalue weighted by Crippen LogP contribution is -1.97. The van der Waals surface area contributed by atoms with Crippen LogP contribution in [0.5, 0.6) is 0 Å². The Morgan fingerprint density at radius 2 is 1.00 bits per heavy atom. The lowest BCUT2D eigenvalue weighted by Gasteiger charge is -2.18. The molecule has 1 aromatic heterocycles. The van der Waals surface area contributed by atoms with Crippen molar-refractivity contribution in [1.29, 1.82) is 0 Å². The van der Waals surface area contributed by atoms with E-state index in [0.29, 0.717) is 0 Å². The Bertz CT molecular complexity index is 1250. The minimum absolute atomic E-state index is 0.996. The molecule has 0 radical (unpaired) electrons. The lowest BCUT2D eigenvalue weighted by atomic mass is 9.89. The van der Waals surface area contributed by atoms with Crippen molar-refractivity contribution < 1.29 is 0 Å². The Morgan fingerprint density at radius 1 is 0.484 bits per heavy atom. The number of benzene rings is 4. The molecule has 1 heteroatoms. The second-order valence-electron chi connectivity index (χ2n) is 7.69. The summed E-state index contributed by atoms with van der Waals surface area (Å²) in [7, 11) is 0. The molecule has 1 heterocycles. The van der Waals surface area contributed by atoms with Gasteiger partial charge in [0, 0.05) is 16.7 Å². The number of hydrogen-bond donors (Lipinski definition) is 0. The van der Waals surface area contributed by atoms with Crippen molar-refractivity contribution in [3.05, 3.63) is 127 Å². The van der Waals surface area contributed by atoms with Crippen molar-refractivity contribution in [2.45, 2.75) is 6.92 Å². The molecule has 4 aromatic carbocycles. The Balaban J connectivity index is 1.89. The van der Waals surface area contributed by atoms with Crippen molar-refractivity contribution >= 4 is 0 Å². The van der Waals surface area contributed by atoms with Gasteiger partial charge < -0.3 is 0 Å². The average molecular weight is 398 g/mol. The van der Waals surface area contributed by atoms with Gasteiger partial charge in [0.15, 0.2) is 0 Å². The smallest absolute Gasteiger partial charge is 0.0794 e. The molecule has 0 bridgehead atoms. The monoisotopic (exact) mass is 397 g/mol. The van der Waals surface area contributed by atoms with Crippen LogP contribution < -0.4 is 0 Å². The van der Waals surface area contributed by atoms with Gasteiger partial charge in [-0.05, 0) is 35.2 Å². The van der Waals surface area contributed by atoms with Crippen molar-refractivity contribution in [2.24, 2.45) is 0 Å². The number of hydrogen-bond acceptors (Lipinski definition) is 1. The SMILES string of the molecule is Cc1ccccc1-c1cc(-c2ccccc2)c(-c2ccccc2)c(-c2ccccc2)n1. The molecular formula is C30H23N. The van der Waals surface area contributed by atoms with E-state index < -0.39 is 0 Å². The molecule has 31 heavy (non-hydrogen) atoms. The fourth-order valence-corrected chi connectivity index (χ4v) is 4.09. The average Bonchev–Trinajstić information content (AvgIpc) is 2.85. The minimum atomic E-state index is 0.996. The summed E-state index contributed by atoms with van der Waals surface area (Å²) in [5, 5.41) is 0. The van der Waals surface area contributed by atoms with Crippen LogP contribution in [0.1, 0.15) is 5.56 Å². The number of aromatic nitrogens is 1. The van der Waals surface area contributed by atoms with Crippen LogP contribution >= 0.6 is 0 Å².